The number of esters is 1. The number of hydrogen-bond acceptors (Lipinski definition) is 6. The van der Waals surface area contributed by atoms with Crippen LogP contribution in [0.25, 0.3) is 10.8 Å². The lowest BCUT2D eigenvalue weighted by Crippen LogP contribution is -2.51. The van der Waals surface area contributed by atoms with Crippen LogP contribution in [0.15, 0.2) is 91.3 Å². The van der Waals surface area contributed by atoms with E-state index in [0.29, 0.717) is 31.6 Å². The quantitative estimate of drug-likeness (QED) is 0.328. The van der Waals surface area contributed by atoms with Crippen LogP contribution in [-0.2, 0) is 22.5 Å². The molecule has 1 aliphatic rings. The Kier molecular flexibility index (Phi) is 7.95. The Morgan fingerprint density at radius 3 is 2.50 bits per heavy atom. The first kappa shape index (κ1) is 25.4. The van der Waals surface area contributed by atoms with E-state index in [2.05, 4.69) is 41.4 Å². The van der Waals surface area contributed by atoms with Crippen molar-refractivity contribution < 1.29 is 24.2 Å². The van der Waals surface area contributed by atoms with E-state index < -0.39 is 6.09 Å². The number of nitrogens with zero attached hydrogens (tertiary/aromatic N) is 2. The van der Waals surface area contributed by atoms with Gasteiger partial charge in [-0.25, -0.2) is 4.79 Å². The van der Waals surface area contributed by atoms with Crippen LogP contribution >= 0.6 is 0 Å². The van der Waals surface area contributed by atoms with Gasteiger partial charge in [-0.05, 0) is 52.1 Å². The van der Waals surface area contributed by atoms with Crippen LogP contribution < -0.4 is 5.11 Å². The van der Waals surface area contributed by atoms with Crippen LogP contribution in [0.4, 0.5) is 4.79 Å². The lowest BCUT2D eigenvalue weighted by molar-refractivity contribution is -0.268. The van der Waals surface area contributed by atoms with Gasteiger partial charge in [0.05, 0.1) is 24.9 Å². The SMILES string of the molecule is O=C(OCCc1ccc(C2CCN(C(=O)[O-])CC2OCc2ccc3ccccc3c2)cc1)c1cccnc1. The maximum atomic E-state index is 12.1. The highest BCUT2D eigenvalue weighted by molar-refractivity contribution is 5.88. The highest BCUT2D eigenvalue weighted by Crippen LogP contribution is 2.31. The van der Waals surface area contributed by atoms with Gasteiger partial charge >= 0.3 is 5.97 Å². The summed E-state index contributed by atoms with van der Waals surface area (Å²) in [5, 5.41) is 13.9. The molecule has 0 bridgehead atoms. The van der Waals surface area contributed by atoms with Crippen molar-refractivity contribution in [1.29, 1.82) is 0 Å². The molecular formula is C31H29N2O5-. The fourth-order valence-electron chi connectivity index (χ4n) is 4.92. The predicted octanol–water partition coefficient (Wildman–Crippen LogP) is 4.35. The van der Waals surface area contributed by atoms with Crippen LogP contribution in [0.2, 0.25) is 0 Å². The highest BCUT2D eigenvalue weighted by Gasteiger charge is 2.31. The second kappa shape index (κ2) is 11.9. The van der Waals surface area contributed by atoms with Crippen molar-refractivity contribution in [2.45, 2.75) is 31.5 Å². The third-order valence-electron chi connectivity index (χ3n) is 7.02. The van der Waals surface area contributed by atoms with Gasteiger partial charge in [0, 0.05) is 37.8 Å². The number of fused-ring (bicyclic) bond motifs is 1. The molecule has 5 rings (SSSR count). The van der Waals surface area contributed by atoms with Gasteiger partial charge in [-0.2, -0.15) is 0 Å². The van der Waals surface area contributed by atoms with Gasteiger partial charge in [0.2, 0.25) is 0 Å². The maximum absolute atomic E-state index is 12.1. The highest BCUT2D eigenvalue weighted by atomic mass is 16.5. The number of benzene rings is 3. The number of carboxylic acid groups (broad SMARTS) is 1. The predicted molar refractivity (Wildman–Crippen MR) is 142 cm³/mol. The lowest BCUT2D eigenvalue weighted by Gasteiger charge is -2.40. The summed E-state index contributed by atoms with van der Waals surface area (Å²) in [6.07, 6.45) is 2.88. The number of hydrogen-bond donors (Lipinski definition) is 0. The Labute approximate surface area is 221 Å². The number of ether oxygens (including phenoxy) is 2. The van der Waals surface area contributed by atoms with Crippen molar-refractivity contribution in [3.05, 3.63) is 114 Å². The fraction of sp³-hybridized carbons (Fsp3) is 0.258. The van der Waals surface area contributed by atoms with E-state index in [4.69, 9.17) is 9.47 Å². The summed E-state index contributed by atoms with van der Waals surface area (Å²) in [6.45, 7) is 1.35. The van der Waals surface area contributed by atoms with E-state index in [0.717, 1.165) is 22.1 Å². The molecule has 1 saturated heterocycles. The van der Waals surface area contributed by atoms with Crippen molar-refractivity contribution in [3.8, 4) is 0 Å². The zero-order valence-corrected chi connectivity index (χ0v) is 21.0. The number of carbonyl (C=O) groups is 2. The first-order valence-electron chi connectivity index (χ1n) is 12.8. The Morgan fingerprint density at radius 2 is 1.74 bits per heavy atom. The van der Waals surface area contributed by atoms with Crippen molar-refractivity contribution in [3.63, 3.8) is 0 Å². The van der Waals surface area contributed by atoms with Crippen LogP contribution in [0, 0.1) is 0 Å². The molecule has 0 spiro atoms. The molecule has 7 nitrogen and oxygen atoms in total. The summed E-state index contributed by atoms with van der Waals surface area (Å²) < 4.78 is 11.7. The topological polar surface area (TPSA) is 91.8 Å². The normalized spacial score (nSPS) is 17.3. The second-order valence-corrected chi connectivity index (χ2v) is 9.51. The molecule has 1 aromatic heterocycles. The molecule has 0 N–H and O–H groups in total. The zero-order chi connectivity index (χ0) is 26.3. The number of likely N-dealkylation sites (tertiary alicyclic amines) is 1. The number of amides is 1. The minimum absolute atomic E-state index is 0.0588. The Morgan fingerprint density at radius 1 is 0.947 bits per heavy atom. The molecule has 7 heteroatoms. The fourth-order valence-corrected chi connectivity index (χ4v) is 4.92. The third kappa shape index (κ3) is 6.18. The average molecular weight is 510 g/mol. The Balaban J connectivity index is 1.22. The molecule has 0 saturated carbocycles. The van der Waals surface area contributed by atoms with E-state index in [9.17, 15) is 14.7 Å². The molecule has 0 radical (unpaired) electrons. The largest absolute Gasteiger partial charge is 0.530 e. The van der Waals surface area contributed by atoms with Gasteiger partial charge in [-0.15, -0.1) is 0 Å². The maximum Gasteiger partial charge on any atom is 0.339 e. The number of pyridine rings is 1. The minimum atomic E-state index is -1.17. The van der Waals surface area contributed by atoms with E-state index in [1.54, 1.807) is 18.3 Å². The van der Waals surface area contributed by atoms with E-state index in [1.165, 1.54) is 16.5 Å². The molecule has 1 fully saturated rings. The smallest absolute Gasteiger partial charge is 0.339 e. The number of rotatable bonds is 8. The summed E-state index contributed by atoms with van der Waals surface area (Å²) in [5.74, 6) is -0.329. The Bertz CT molecular complexity index is 1390. The van der Waals surface area contributed by atoms with Crippen molar-refractivity contribution >= 4 is 22.8 Å². The van der Waals surface area contributed by atoms with Crippen molar-refractivity contribution in [1.82, 2.24) is 9.88 Å². The summed E-state index contributed by atoms with van der Waals surface area (Å²) in [4.78, 5) is 28.9. The Hall–Kier alpha value is -4.23. The summed E-state index contributed by atoms with van der Waals surface area (Å²) in [5.41, 5.74) is 3.63. The van der Waals surface area contributed by atoms with Crippen molar-refractivity contribution in [2.75, 3.05) is 19.7 Å². The molecule has 1 amide bonds. The number of piperidine rings is 1. The molecule has 1 aliphatic heterocycles. The van der Waals surface area contributed by atoms with Gasteiger partial charge in [-0.3, -0.25) is 4.98 Å². The first-order valence-corrected chi connectivity index (χ1v) is 12.8. The second-order valence-electron chi connectivity index (χ2n) is 9.51. The molecule has 2 atom stereocenters. The first-order chi connectivity index (χ1) is 18.6. The van der Waals surface area contributed by atoms with Gasteiger partial charge < -0.3 is 24.3 Å². The van der Waals surface area contributed by atoms with Gasteiger partial charge in [0.1, 0.15) is 6.09 Å². The van der Waals surface area contributed by atoms with E-state index >= 15 is 0 Å². The minimum Gasteiger partial charge on any atom is -0.530 e. The third-order valence-corrected chi connectivity index (χ3v) is 7.02. The summed E-state index contributed by atoms with van der Waals surface area (Å²) >= 11 is 0. The molecular weight excluding hydrogens is 480 g/mol. The van der Waals surface area contributed by atoms with Crippen molar-refractivity contribution in [2.24, 2.45) is 0 Å². The lowest BCUT2D eigenvalue weighted by atomic mass is 9.86. The van der Waals surface area contributed by atoms with Crippen LogP contribution in [0.1, 0.15) is 39.4 Å². The summed E-state index contributed by atoms with van der Waals surface area (Å²) in [7, 11) is 0. The van der Waals surface area contributed by atoms with Gasteiger partial charge in [-0.1, -0.05) is 60.7 Å². The molecule has 4 aromatic rings. The van der Waals surface area contributed by atoms with E-state index in [-0.39, 0.29) is 31.1 Å². The van der Waals surface area contributed by atoms with E-state index in [1.807, 2.05) is 30.3 Å². The molecule has 2 unspecified atom stereocenters. The molecule has 0 aliphatic carbocycles. The van der Waals surface area contributed by atoms with Crippen LogP contribution in [0.5, 0.6) is 0 Å². The zero-order valence-electron chi connectivity index (χ0n) is 21.0. The number of carbonyl (C=O) groups excluding carboxylic acids is 2. The summed E-state index contributed by atoms with van der Waals surface area (Å²) in [6, 6.07) is 25.9. The average Bonchev–Trinajstić information content (AvgIpc) is 2.96. The molecule has 3 aromatic carbocycles. The molecule has 38 heavy (non-hydrogen) atoms. The number of aromatic nitrogens is 1. The standard InChI is InChI=1S/C31H30N2O5/c34-30(27-6-3-15-32-19-27)37-17-14-22-7-11-25(12-8-22)28-13-16-33(31(35)36)20-29(28)38-21-23-9-10-24-4-1-2-5-26(24)18-23/h1-12,15,18-19,28-29H,13-14,16-17,20-21H2,(H,35,36)/p-1. The van der Waals surface area contributed by atoms with Crippen LogP contribution in [-0.4, -0.2) is 47.7 Å². The van der Waals surface area contributed by atoms with Gasteiger partial charge in [0.15, 0.2) is 0 Å². The molecule has 2 heterocycles. The van der Waals surface area contributed by atoms with Crippen LogP contribution in [0.3, 0.4) is 0 Å². The molecule has 194 valence electrons. The van der Waals surface area contributed by atoms with Gasteiger partial charge in [0.25, 0.3) is 0 Å². The monoisotopic (exact) mass is 509 g/mol.